The van der Waals surface area contributed by atoms with E-state index in [4.69, 9.17) is 10.5 Å². The van der Waals surface area contributed by atoms with Gasteiger partial charge in [-0.25, -0.2) is 9.37 Å². The highest BCUT2D eigenvalue weighted by Gasteiger charge is 2.47. The summed E-state index contributed by atoms with van der Waals surface area (Å²) in [4.78, 5) is 27.5. The van der Waals surface area contributed by atoms with Gasteiger partial charge in [0, 0.05) is 25.6 Å². The molecule has 2 saturated heterocycles. The monoisotopic (exact) mass is 471 g/mol. The number of hydrogen-bond donors (Lipinski definition) is 4. The number of ether oxygens (including phenoxy) is 1. The van der Waals surface area contributed by atoms with Crippen molar-refractivity contribution in [2.45, 2.75) is 43.8 Å². The first-order chi connectivity index (χ1) is 16.4. The lowest BCUT2D eigenvalue weighted by atomic mass is 9.99. The number of nitrogen functional groups attached to an aromatic ring is 1. The average molecular weight is 471 g/mol. The Bertz CT molecular complexity index is 1200. The number of likely N-dealkylation sites (N-methyl/N-ethyl adjacent to an activating group) is 1. The van der Waals surface area contributed by atoms with Gasteiger partial charge in [0.1, 0.15) is 23.5 Å². The van der Waals surface area contributed by atoms with E-state index in [2.05, 4.69) is 20.3 Å². The Morgan fingerprint density at radius 3 is 2.76 bits per heavy atom. The molecule has 12 heteroatoms. The van der Waals surface area contributed by atoms with Crippen LogP contribution < -0.4 is 16.0 Å². The van der Waals surface area contributed by atoms with Gasteiger partial charge in [-0.15, -0.1) is 0 Å². The van der Waals surface area contributed by atoms with Gasteiger partial charge in [-0.1, -0.05) is 12.1 Å². The molecule has 5 atom stereocenters. The van der Waals surface area contributed by atoms with Crippen molar-refractivity contribution in [3.63, 3.8) is 0 Å². The number of nitrogens with one attached hydrogen (secondary N) is 1. The SMILES string of the molecule is CCNC(=O)[C@H]1O[C@@H](n2cnc3c(N)nc(N4CC[C@H](c5ccc(F)cc5)C4)nc32)[C@H](O)[C@@H]1O. The molecule has 0 aliphatic carbocycles. The van der Waals surface area contributed by atoms with Gasteiger partial charge in [-0.05, 0) is 31.0 Å². The third-order valence-electron chi connectivity index (χ3n) is 6.37. The molecule has 2 fully saturated rings. The van der Waals surface area contributed by atoms with E-state index in [-0.39, 0.29) is 17.6 Å². The number of carbonyl (C=O) groups excluding carboxylic acids is 1. The van der Waals surface area contributed by atoms with E-state index in [9.17, 15) is 19.4 Å². The van der Waals surface area contributed by atoms with Crippen LogP contribution in [-0.2, 0) is 9.53 Å². The van der Waals surface area contributed by atoms with Crippen LogP contribution >= 0.6 is 0 Å². The minimum Gasteiger partial charge on any atom is -0.387 e. The van der Waals surface area contributed by atoms with Crippen molar-refractivity contribution in [3.8, 4) is 0 Å². The van der Waals surface area contributed by atoms with Gasteiger partial charge in [0.05, 0.1) is 6.33 Å². The van der Waals surface area contributed by atoms with Gasteiger partial charge < -0.3 is 30.9 Å². The number of imidazole rings is 1. The van der Waals surface area contributed by atoms with Crippen molar-refractivity contribution in [1.82, 2.24) is 24.8 Å². The number of fused-ring (bicyclic) bond motifs is 1. The Kier molecular flexibility index (Phi) is 5.80. The van der Waals surface area contributed by atoms with Gasteiger partial charge >= 0.3 is 0 Å². The maximum Gasteiger partial charge on any atom is 0.252 e. The molecule has 0 unspecified atom stereocenters. The summed E-state index contributed by atoms with van der Waals surface area (Å²) >= 11 is 0. The first kappa shape index (κ1) is 22.4. The standard InChI is InChI=1S/C22H26FN7O4/c1-2-25-20(33)17-15(31)16(32)21(34-17)30-10-26-14-18(24)27-22(28-19(14)30)29-8-7-12(9-29)11-3-5-13(23)6-4-11/h3-6,10,12,15-17,21,31-32H,2,7-9H2,1H3,(H,25,33)(H2,24,27,28)/t12-,15-,16+,17-,21+/m0/s1. The molecule has 11 nitrogen and oxygen atoms in total. The summed E-state index contributed by atoms with van der Waals surface area (Å²) in [6.45, 7) is 3.42. The highest BCUT2D eigenvalue weighted by Crippen LogP contribution is 2.34. The molecule has 2 aliphatic rings. The highest BCUT2D eigenvalue weighted by atomic mass is 19.1. The number of aliphatic hydroxyl groups is 2. The molecule has 2 aliphatic heterocycles. The average Bonchev–Trinajstić information content (AvgIpc) is 3.53. The Hall–Kier alpha value is -3.35. The van der Waals surface area contributed by atoms with E-state index < -0.39 is 30.4 Å². The summed E-state index contributed by atoms with van der Waals surface area (Å²) in [5.74, 6) is -0.0371. The zero-order chi connectivity index (χ0) is 24.0. The van der Waals surface area contributed by atoms with Crippen LogP contribution in [-0.4, -0.2) is 73.6 Å². The number of nitrogens with zero attached hydrogens (tertiary/aromatic N) is 5. The molecule has 0 bridgehead atoms. The Morgan fingerprint density at radius 1 is 1.26 bits per heavy atom. The fourth-order valence-corrected chi connectivity index (χ4v) is 4.58. The molecule has 5 N–H and O–H groups in total. The summed E-state index contributed by atoms with van der Waals surface area (Å²) in [5, 5.41) is 23.5. The van der Waals surface area contributed by atoms with Gasteiger partial charge in [-0.2, -0.15) is 9.97 Å². The Labute approximate surface area is 194 Å². The summed E-state index contributed by atoms with van der Waals surface area (Å²) < 4.78 is 20.4. The molecule has 1 aromatic carbocycles. The van der Waals surface area contributed by atoms with E-state index in [1.54, 1.807) is 19.1 Å². The summed E-state index contributed by atoms with van der Waals surface area (Å²) in [5.41, 5.74) is 7.85. The second-order valence-electron chi connectivity index (χ2n) is 8.54. The molecule has 1 amide bonds. The fraction of sp³-hybridized carbons (Fsp3) is 0.455. The third-order valence-corrected chi connectivity index (χ3v) is 6.37. The van der Waals surface area contributed by atoms with Crippen LogP contribution in [0.5, 0.6) is 0 Å². The minimum atomic E-state index is -1.41. The van der Waals surface area contributed by atoms with E-state index in [0.717, 1.165) is 12.0 Å². The van der Waals surface area contributed by atoms with Gasteiger partial charge in [0.2, 0.25) is 5.95 Å². The van der Waals surface area contributed by atoms with Crippen LogP contribution in [0.3, 0.4) is 0 Å². The quantitative estimate of drug-likeness (QED) is 0.412. The van der Waals surface area contributed by atoms with E-state index in [0.29, 0.717) is 36.7 Å². The molecule has 0 spiro atoms. The number of aromatic nitrogens is 4. The number of carbonyl (C=O) groups is 1. The molecular formula is C22H26FN7O4. The molecule has 3 aromatic rings. The van der Waals surface area contributed by atoms with Crippen LogP contribution in [0.1, 0.15) is 31.1 Å². The summed E-state index contributed by atoms with van der Waals surface area (Å²) in [7, 11) is 0. The first-order valence-electron chi connectivity index (χ1n) is 11.2. The number of amides is 1. The van der Waals surface area contributed by atoms with Crippen molar-refractivity contribution in [2.24, 2.45) is 0 Å². The maximum atomic E-state index is 13.3. The number of aliphatic hydroxyl groups excluding tert-OH is 2. The summed E-state index contributed by atoms with van der Waals surface area (Å²) in [6.07, 6.45) is -2.86. The van der Waals surface area contributed by atoms with E-state index >= 15 is 0 Å². The van der Waals surface area contributed by atoms with Crippen LogP contribution in [0, 0.1) is 5.82 Å². The highest BCUT2D eigenvalue weighted by molar-refractivity contribution is 5.84. The molecule has 2 aromatic heterocycles. The van der Waals surface area contributed by atoms with E-state index in [1.165, 1.54) is 23.0 Å². The van der Waals surface area contributed by atoms with Gasteiger partial charge in [-0.3, -0.25) is 9.36 Å². The number of nitrogens with two attached hydrogens (primary N) is 1. The summed E-state index contributed by atoms with van der Waals surface area (Å²) in [6, 6.07) is 6.47. The third kappa shape index (κ3) is 3.83. The van der Waals surface area contributed by atoms with Crippen molar-refractivity contribution in [1.29, 1.82) is 0 Å². The van der Waals surface area contributed by atoms with Gasteiger partial charge in [0.25, 0.3) is 5.91 Å². The molecule has 0 saturated carbocycles. The zero-order valence-electron chi connectivity index (χ0n) is 18.5. The second kappa shape index (κ2) is 8.78. The lowest BCUT2D eigenvalue weighted by Gasteiger charge is -2.19. The number of anilines is 2. The van der Waals surface area contributed by atoms with Crippen LogP contribution in [0.15, 0.2) is 30.6 Å². The van der Waals surface area contributed by atoms with Crippen LogP contribution in [0.2, 0.25) is 0 Å². The Balaban J connectivity index is 1.42. The Morgan fingerprint density at radius 2 is 2.03 bits per heavy atom. The van der Waals surface area contributed by atoms with Crippen molar-refractivity contribution in [3.05, 3.63) is 42.0 Å². The molecule has 0 radical (unpaired) electrons. The van der Waals surface area contributed by atoms with Gasteiger partial charge in [0.15, 0.2) is 23.8 Å². The minimum absolute atomic E-state index is 0.164. The lowest BCUT2D eigenvalue weighted by Crippen LogP contribution is -2.42. The fourth-order valence-electron chi connectivity index (χ4n) is 4.58. The first-order valence-corrected chi connectivity index (χ1v) is 11.2. The van der Waals surface area contributed by atoms with E-state index in [1.807, 2.05) is 4.90 Å². The van der Waals surface area contributed by atoms with Crippen LogP contribution in [0.4, 0.5) is 16.2 Å². The smallest absolute Gasteiger partial charge is 0.252 e. The predicted molar refractivity (Wildman–Crippen MR) is 120 cm³/mol. The molecular weight excluding hydrogens is 445 g/mol. The number of rotatable bonds is 5. The predicted octanol–water partition coefficient (Wildman–Crippen LogP) is 0.297. The maximum absolute atomic E-state index is 13.3. The lowest BCUT2D eigenvalue weighted by molar-refractivity contribution is -0.137. The van der Waals surface area contributed by atoms with Crippen molar-refractivity contribution >= 4 is 28.8 Å². The molecule has 4 heterocycles. The van der Waals surface area contributed by atoms with Crippen LogP contribution in [0.25, 0.3) is 11.2 Å². The van der Waals surface area contributed by atoms with Crippen molar-refractivity contribution < 1.29 is 24.1 Å². The number of halogens is 1. The topological polar surface area (TPSA) is 152 Å². The normalized spacial score (nSPS) is 26.9. The largest absolute Gasteiger partial charge is 0.387 e. The molecule has 34 heavy (non-hydrogen) atoms. The number of benzene rings is 1. The second-order valence-corrected chi connectivity index (χ2v) is 8.54. The molecule has 5 rings (SSSR count). The van der Waals surface area contributed by atoms with Crippen molar-refractivity contribution in [2.75, 3.05) is 30.3 Å². The zero-order valence-corrected chi connectivity index (χ0v) is 18.5. The number of hydrogen-bond acceptors (Lipinski definition) is 9. The molecule has 180 valence electrons.